The summed E-state index contributed by atoms with van der Waals surface area (Å²) in [5, 5.41) is 9.20. The van der Waals surface area contributed by atoms with Crippen molar-refractivity contribution in [1.82, 2.24) is 9.88 Å². The van der Waals surface area contributed by atoms with Crippen LogP contribution in [0.4, 0.5) is 0 Å². The van der Waals surface area contributed by atoms with E-state index in [0.29, 0.717) is 0 Å². The third-order valence-corrected chi connectivity index (χ3v) is 2.78. The summed E-state index contributed by atoms with van der Waals surface area (Å²) in [5.74, 6) is 0.741. The minimum atomic E-state index is 0.237. The SMILES string of the molecule is OCC1CCCCN1Cc1ncco1. The number of aliphatic hydroxyl groups is 1. The average molecular weight is 196 g/mol. The first-order valence-electron chi connectivity index (χ1n) is 5.13. The number of aromatic nitrogens is 1. The van der Waals surface area contributed by atoms with E-state index in [0.717, 1.165) is 25.4 Å². The maximum Gasteiger partial charge on any atom is 0.208 e. The molecule has 2 heterocycles. The Kier molecular flexibility index (Phi) is 3.16. The molecule has 0 bridgehead atoms. The second-order valence-corrected chi connectivity index (χ2v) is 3.73. The van der Waals surface area contributed by atoms with E-state index in [-0.39, 0.29) is 12.6 Å². The van der Waals surface area contributed by atoms with E-state index < -0.39 is 0 Å². The molecule has 0 aliphatic carbocycles. The fourth-order valence-electron chi connectivity index (χ4n) is 1.98. The van der Waals surface area contributed by atoms with Crippen LogP contribution in [0.1, 0.15) is 25.2 Å². The molecule has 14 heavy (non-hydrogen) atoms. The van der Waals surface area contributed by atoms with Crippen molar-refractivity contribution in [3.8, 4) is 0 Å². The highest BCUT2D eigenvalue weighted by Gasteiger charge is 2.22. The third-order valence-electron chi connectivity index (χ3n) is 2.78. The molecular weight excluding hydrogens is 180 g/mol. The average Bonchev–Trinajstić information content (AvgIpc) is 2.71. The van der Waals surface area contributed by atoms with Crippen LogP contribution in [0.3, 0.4) is 0 Å². The number of nitrogens with zero attached hydrogens (tertiary/aromatic N) is 2. The van der Waals surface area contributed by atoms with E-state index in [1.54, 1.807) is 12.5 Å². The molecule has 4 nitrogen and oxygen atoms in total. The van der Waals surface area contributed by atoms with Gasteiger partial charge in [0.25, 0.3) is 0 Å². The van der Waals surface area contributed by atoms with Crippen LogP contribution in [0.5, 0.6) is 0 Å². The summed E-state index contributed by atoms with van der Waals surface area (Å²) in [6, 6.07) is 0.288. The quantitative estimate of drug-likeness (QED) is 0.784. The first kappa shape index (κ1) is 9.68. The molecule has 0 aromatic carbocycles. The Labute approximate surface area is 83.5 Å². The smallest absolute Gasteiger partial charge is 0.208 e. The first-order chi connectivity index (χ1) is 6.90. The van der Waals surface area contributed by atoms with Gasteiger partial charge in [-0.2, -0.15) is 0 Å². The lowest BCUT2D eigenvalue weighted by molar-refractivity contribution is 0.0768. The summed E-state index contributed by atoms with van der Waals surface area (Å²) in [6.07, 6.45) is 6.75. The molecule has 1 aromatic rings. The molecule has 2 rings (SSSR count). The molecule has 1 aliphatic heterocycles. The lowest BCUT2D eigenvalue weighted by Gasteiger charge is -2.33. The molecule has 1 saturated heterocycles. The predicted octanol–water partition coefficient (Wildman–Crippen LogP) is 1.02. The highest BCUT2D eigenvalue weighted by molar-refractivity contribution is 4.84. The maximum atomic E-state index is 9.20. The predicted molar refractivity (Wildman–Crippen MR) is 51.6 cm³/mol. The molecule has 1 fully saturated rings. The van der Waals surface area contributed by atoms with E-state index in [4.69, 9.17) is 4.42 Å². The Balaban J connectivity index is 1.94. The lowest BCUT2D eigenvalue weighted by atomic mass is 10.0. The van der Waals surface area contributed by atoms with Crippen LogP contribution in [0.25, 0.3) is 0 Å². The van der Waals surface area contributed by atoms with Gasteiger partial charge in [-0.3, -0.25) is 4.90 Å². The van der Waals surface area contributed by atoms with Crippen LogP contribution in [0.2, 0.25) is 0 Å². The molecular formula is C10H16N2O2. The molecule has 0 saturated carbocycles. The van der Waals surface area contributed by atoms with E-state index in [9.17, 15) is 5.11 Å². The number of rotatable bonds is 3. The Morgan fingerprint density at radius 1 is 1.57 bits per heavy atom. The molecule has 0 spiro atoms. The van der Waals surface area contributed by atoms with Crippen LogP contribution in [-0.2, 0) is 6.54 Å². The molecule has 78 valence electrons. The Bertz CT molecular complexity index is 261. The number of likely N-dealkylation sites (tertiary alicyclic amines) is 1. The van der Waals surface area contributed by atoms with Crippen molar-refractivity contribution in [3.05, 3.63) is 18.4 Å². The molecule has 4 heteroatoms. The zero-order valence-corrected chi connectivity index (χ0v) is 8.22. The summed E-state index contributed by atoms with van der Waals surface area (Å²) < 4.78 is 5.19. The standard InChI is InChI=1S/C10H16N2O2/c13-8-9-3-1-2-5-12(9)7-10-11-4-6-14-10/h4,6,9,13H,1-3,5,7-8H2. The van der Waals surface area contributed by atoms with E-state index >= 15 is 0 Å². The van der Waals surface area contributed by atoms with Gasteiger partial charge in [-0.15, -0.1) is 0 Å². The number of piperidine rings is 1. The molecule has 0 radical (unpaired) electrons. The topological polar surface area (TPSA) is 49.5 Å². The minimum Gasteiger partial charge on any atom is -0.448 e. The fraction of sp³-hybridized carbons (Fsp3) is 0.700. The van der Waals surface area contributed by atoms with Crippen molar-refractivity contribution < 1.29 is 9.52 Å². The van der Waals surface area contributed by atoms with E-state index in [1.165, 1.54) is 12.8 Å². The number of hydrogen-bond donors (Lipinski definition) is 1. The zero-order valence-electron chi connectivity index (χ0n) is 8.22. The van der Waals surface area contributed by atoms with Crippen LogP contribution in [-0.4, -0.2) is 34.2 Å². The largest absolute Gasteiger partial charge is 0.448 e. The number of oxazole rings is 1. The summed E-state index contributed by atoms with van der Waals surface area (Å²) in [5.41, 5.74) is 0. The van der Waals surface area contributed by atoms with Crippen molar-refractivity contribution in [2.75, 3.05) is 13.2 Å². The molecule has 1 aromatic heterocycles. The van der Waals surface area contributed by atoms with Gasteiger partial charge in [0, 0.05) is 6.04 Å². The van der Waals surface area contributed by atoms with Gasteiger partial charge in [0.15, 0.2) is 0 Å². The van der Waals surface area contributed by atoms with Gasteiger partial charge < -0.3 is 9.52 Å². The monoisotopic (exact) mass is 196 g/mol. The first-order valence-corrected chi connectivity index (χ1v) is 5.13. The van der Waals surface area contributed by atoms with Gasteiger partial charge in [0.2, 0.25) is 5.89 Å². The molecule has 1 N–H and O–H groups in total. The number of hydrogen-bond acceptors (Lipinski definition) is 4. The van der Waals surface area contributed by atoms with Crippen LogP contribution in [0, 0.1) is 0 Å². The van der Waals surface area contributed by atoms with Crippen molar-refractivity contribution in [1.29, 1.82) is 0 Å². The van der Waals surface area contributed by atoms with Gasteiger partial charge >= 0.3 is 0 Å². The van der Waals surface area contributed by atoms with Crippen molar-refractivity contribution in [3.63, 3.8) is 0 Å². The highest BCUT2D eigenvalue weighted by atomic mass is 16.3. The molecule has 1 aliphatic rings. The van der Waals surface area contributed by atoms with Crippen LogP contribution in [0.15, 0.2) is 16.9 Å². The van der Waals surface area contributed by atoms with E-state index in [1.807, 2.05) is 0 Å². The molecule has 1 atom stereocenters. The molecule has 0 amide bonds. The normalized spacial score (nSPS) is 23.9. The van der Waals surface area contributed by atoms with Gasteiger partial charge in [-0.1, -0.05) is 6.42 Å². The van der Waals surface area contributed by atoms with Crippen molar-refractivity contribution in [2.24, 2.45) is 0 Å². The highest BCUT2D eigenvalue weighted by Crippen LogP contribution is 2.18. The minimum absolute atomic E-state index is 0.237. The maximum absolute atomic E-state index is 9.20. The van der Waals surface area contributed by atoms with Gasteiger partial charge in [-0.05, 0) is 19.4 Å². The van der Waals surface area contributed by atoms with Gasteiger partial charge in [-0.25, -0.2) is 4.98 Å². The van der Waals surface area contributed by atoms with Crippen LogP contribution >= 0.6 is 0 Å². The van der Waals surface area contributed by atoms with E-state index in [2.05, 4.69) is 9.88 Å². The fourth-order valence-corrected chi connectivity index (χ4v) is 1.98. The second-order valence-electron chi connectivity index (χ2n) is 3.73. The lowest BCUT2D eigenvalue weighted by Crippen LogP contribution is -2.41. The zero-order chi connectivity index (χ0) is 9.80. The summed E-state index contributed by atoms with van der Waals surface area (Å²) in [7, 11) is 0. The summed E-state index contributed by atoms with van der Waals surface area (Å²) in [6.45, 7) is 1.99. The Morgan fingerprint density at radius 3 is 3.21 bits per heavy atom. The summed E-state index contributed by atoms with van der Waals surface area (Å²) >= 11 is 0. The summed E-state index contributed by atoms with van der Waals surface area (Å²) in [4.78, 5) is 6.33. The third kappa shape index (κ3) is 2.13. The van der Waals surface area contributed by atoms with Crippen LogP contribution < -0.4 is 0 Å². The van der Waals surface area contributed by atoms with Crippen molar-refractivity contribution in [2.45, 2.75) is 31.8 Å². The Morgan fingerprint density at radius 2 is 2.50 bits per heavy atom. The molecule has 1 unspecified atom stereocenters. The number of aliphatic hydroxyl groups excluding tert-OH is 1. The Hall–Kier alpha value is -0.870. The van der Waals surface area contributed by atoms with Gasteiger partial charge in [0.05, 0.1) is 19.3 Å². The van der Waals surface area contributed by atoms with Gasteiger partial charge in [0.1, 0.15) is 6.26 Å². The van der Waals surface area contributed by atoms with Crippen molar-refractivity contribution >= 4 is 0 Å². The second kappa shape index (κ2) is 4.57.